The average Bonchev–Trinajstić information content (AvgIpc) is 2.81. The van der Waals surface area contributed by atoms with E-state index in [0.29, 0.717) is 26.0 Å². The maximum Gasteiger partial charge on any atom is 0.124 e. The van der Waals surface area contributed by atoms with Gasteiger partial charge in [-0.05, 0) is 62.2 Å². The van der Waals surface area contributed by atoms with Crippen molar-refractivity contribution in [2.24, 2.45) is 0 Å². The van der Waals surface area contributed by atoms with Crippen molar-refractivity contribution in [2.75, 3.05) is 32.6 Å². The molecule has 1 unspecified atom stereocenters. The number of ether oxygens (including phenoxy) is 1. The molecule has 0 amide bonds. The van der Waals surface area contributed by atoms with Crippen molar-refractivity contribution >= 4 is 29.7 Å². The van der Waals surface area contributed by atoms with Crippen molar-refractivity contribution in [3.63, 3.8) is 0 Å². The summed E-state index contributed by atoms with van der Waals surface area (Å²) >= 11 is 6.10. The average molecular weight is 470 g/mol. The first-order chi connectivity index (χ1) is 15.9. The fourth-order valence-corrected chi connectivity index (χ4v) is 3.85. The fraction of sp³-hybridized carbons (Fsp3) is 0.370. The number of anilines is 1. The summed E-state index contributed by atoms with van der Waals surface area (Å²) in [4.78, 5) is 13.1. The van der Waals surface area contributed by atoms with E-state index in [2.05, 4.69) is 28.7 Å². The van der Waals surface area contributed by atoms with Gasteiger partial charge < -0.3 is 20.2 Å². The van der Waals surface area contributed by atoms with E-state index in [1.807, 2.05) is 63.5 Å². The third-order valence-corrected chi connectivity index (χ3v) is 6.10. The molecule has 6 heteroatoms. The van der Waals surface area contributed by atoms with Crippen LogP contribution < -0.4 is 15.4 Å². The Balaban J connectivity index is 2.01. The number of benzene rings is 2. The number of hydrogen-bond donors (Lipinski definition) is 2. The molecule has 0 aliphatic rings. The molecule has 0 radical (unpaired) electrons. The smallest absolute Gasteiger partial charge is 0.124 e. The van der Waals surface area contributed by atoms with Crippen LogP contribution >= 0.6 is 11.6 Å². The molecule has 2 aromatic rings. The summed E-state index contributed by atoms with van der Waals surface area (Å²) in [7, 11) is 3.90. The lowest BCUT2D eigenvalue weighted by molar-refractivity contribution is -0.108. The number of aldehydes is 1. The summed E-state index contributed by atoms with van der Waals surface area (Å²) in [5.41, 5.74) is 5.12. The zero-order valence-electron chi connectivity index (χ0n) is 20.0. The van der Waals surface area contributed by atoms with E-state index >= 15 is 0 Å². The van der Waals surface area contributed by atoms with Crippen LogP contribution in [-0.2, 0) is 11.3 Å². The Morgan fingerprint density at radius 3 is 2.76 bits per heavy atom. The van der Waals surface area contributed by atoms with Crippen molar-refractivity contribution < 1.29 is 9.53 Å². The third-order valence-electron chi connectivity index (χ3n) is 5.68. The normalized spacial score (nSPS) is 11.7. The molecule has 178 valence electrons. The van der Waals surface area contributed by atoms with Crippen LogP contribution in [0.15, 0.2) is 55.3 Å². The fourth-order valence-electron chi connectivity index (χ4n) is 3.73. The molecule has 0 saturated carbocycles. The van der Waals surface area contributed by atoms with Gasteiger partial charge in [0.05, 0.1) is 6.61 Å². The van der Waals surface area contributed by atoms with E-state index in [1.165, 1.54) is 0 Å². The molecule has 0 spiro atoms. The SMILES string of the molecule is C=Cc1cccc(OCCCNc2ccc(Cl)c(C)c2)c1CN(C)C(CCC=O)C(=C)NC. The molecule has 0 aromatic heterocycles. The molecular weight excluding hydrogens is 434 g/mol. The molecule has 5 nitrogen and oxygen atoms in total. The quantitative estimate of drug-likeness (QED) is 0.259. The van der Waals surface area contributed by atoms with E-state index < -0.39 is 0 Å². The summed E-state index contributed by atoms with van der Waals surface area (Å²) in [6, 6.07) is 12.0. The highest BCUT2D eigenvalue weighted by Crippen LogP contribution is 2.27. The standard InChI is InChI=1S/C27H36ClN3O2/c1-6-22-10-7-12-27(24(22)19-31(5)26(11-8-16-32)21(3)29-4)33-17-9-15-30-23-13-14-25(28)20(2)18-23/h6-7,10,12-14,16,18,26,29-30H,1,3,8-9,11,15,17,19H2,2,4-5H3. The molecule has 2 rings (SSSR count). The summed E-state index contributed by atoms with van der Waals surface area (Å²) in [6.07, 6.45) is 4.86. The largest absolute Gasteiger partial charge is 0.493 e. The van der Waals surface area contributed by atoms with Gasteiger partial charge in [-0.2, -0.15) is 0 Å². The van der Waals surface area contributed by atoms with Crippen LogP contribution in [-0.4, -0.2) is 44.5 Å². The van der Waals surface area contributed by atoms with Gasteiger partial charge in [0.1, 0.15) is 12.0 Å². The third kappa shape index (κ3) is 7.95. The number of carbonyl (C=O) groups is 1. The lowest BCUT2D eigenvalue weighted by Gasteiger charge is -2.30. The zero-order valence-corrected chi connectivity index (χ0v) is 20.8. The first-order valence-corrected chi connectivity index (χ1v) is 11.7. The first kappa shape index (κ1) is 26.5. The van der Waals surface area contributed by atoms with E-state index in [0.717, 1.165) is 58.1 Å². The van der Waals surface area contributed by atoms with Crippen LogP contribution in [0.1, 0.15) is 36.0 Å². The van der Waals surface area contributed by atoms with Crippen molar-refractivity contribution in [2.45, 2.75) is 38.8 Å². The highest BCUT2D eigenvalue weighted by Gasteiger charge is 2.20. The number of hydrogen-bond acceptors (Lipinski definition) is 5. The molecular formula is C27H36ClN3O2. The second-order valence-corrected chi connectivity index (χ2v) is 8.48. The summed E-state index contributed by atoms with van der Waals surface area (Å²) in [5.74, 6) is 0.853. The Morgan fingerprint density at radius 1 is 1.30 bits per heavy atom. The van der Waals surface area contributed by atoms with Crippen LogP contribution in [0.2, 0.25) is 5.02 Å². The van der Waals surface area contributed by atoms with Crippen molar-refractivity contribution in [3.05, 3.63) is 77.0 Å². The molecule has 0 aliphatic carbocycles. The van der Waals surface area contributed by atoms with Crippen LogP contribution in [0.5, 0.6) is 5.75 Å². The van der Waals surface area contributed by atoms with Crippen LogP contribution in [0, 0.1) is 6.92 Å². The lowest BCUT2D eigenvalue weighted by Crippen LogP contribution is -2.36. The summed E-state index contributed by atoms with van der Waals surface area (Å²) in [6.45, 7) is 12.1. The summed E-state index contributed by atoms with van der Waals surface area (Å²) in [5, 5.41) is 7.32. The lowest BCUT2D eigenvalue weighted by atomic mass is 10.0. The van der Waals surface area contributed by atoms with Crippen LogP contribution in [0.25, 0.3) is 6.08 Å². The number of likely N-dealkylation sites (N-methyl/N-ethyl adjacent to an activating group) is 2. The first-order valence-electron chi connectivity index (χ1n) is 11.3. The topological polar surface area (TPSA) is 53.6 Å². The van der Waals surface area contributed by atoms with E-state index in [9.17, 15) is 4.79 Å². The van der Waals surface area contributed by atoms with Gasteiger partial charge in [-0.25, -0.2) is 0 Å². The van der Waals surface area contributed by atoms with E-state index in [1.54, 1.807) is 0 Å². The van der Waals surface area contributed by atoms with Crippen LogP contribution in [0.3, 0.4) is 0 Å². The van der Waals surface area contributed by atoms with Gasteiger partial charge in [0.2, 0.25) is 0 Å². The Labute approximate surface area is 203 Å². The number of nitrogens with one attached hydrogen (secondary N) is 2. The maximum absolute atomic E-state index is 10.9. The predicted molar refractivity (Wildman–Crippen MR) is 140 cm³/mol. The van der Waals surface area contributed by atoms with Gasteiger partial charge in [-0.3, -0.25) is 4.90 Å². The van der Waals surface area contributed by atoms with E-state index in [-0.39, 0.29) is 6.04 Å². The van der Waals surface area contributed by atoms with Gasteiger partial charge in [0.25, 0.3) is 0 Å². The minimum absolute atomic E-state index is 0.0398. The molecule has 2 N–H and O–H groups in total. The minimum Gasteiger partial charge on any atom is -0.493 e. The Hall–Kier alpha value is -2.76. The van der Waals surface area contributed by atoms with Crippen molar-refractivity contribution in [3.8, 4) is 5.75 Å². The number of rotatable bonds is 15. The second kappa shape index (κ2) is 13.7. The Kier molecular flexibility index (Phi) is 11.0. The number of nitrogens with zero attached hydrogens (tertiary/aromatic N) is 1. The molecule has 0 saturated heterocycles. The summed E-state index contributed by atoms with van der Waals surface area (Å²) < 4.78 is 6.18. The monoisotopic (exact) mass is 469 g/mol. The minimum atomic E-state index is 0.0398. The highest BCUT2D eigenvalue weighted by molar-refractivity contribution is 6.31. The molecule has 0 fully saturated rings. The Bertz CT molecular complexity index is 945. The van der Waals surface area contributed by atoms with Crippen molar-refractivity contribution in [1.82, 2.24) is 10.2 Å². The number of aryl methyl sites for hydroxylation is 1. The van der Waals surface area contributed by atoms with E-state index in [4.69, 9.17) is 16.3 Å². The maximum atomic E-state index is 10.9. The van der Waals surface area contributed by atoms with Gasteiger partial charge in [0, 0.05) is 54.6 Å². The van der Waals surface area contributed by atoms with Gasteiger partial charge in [-0.1, -0.05) is 43.0 Å². The number of carbonyl (C=O) groups excluding carboxylic acids is 1. The predicted octanol–water partition coefficient (Wildman–Crippen LogP) is 5.69. The molecule has 0 bridgehead atoms. The highest BCUT2D eigenvalue weighted by atomic mass is 35.5. The molecule has 0 aliphatic heterocycles. The second-order valence-electron chi connectivity index (χ2n) is 8.07. The Morgan fingerprint density at radius 2 is 2.09 bits per heavy atom. The van der Waals surface area contributed by atoms with Crippen molar-refractivity contribution in [1.29, 1.82) is 0 Å². The van der Waals surface area contributed by atoms with Gasteiger partial charge in [-0.15, -0.1) is 0 Å². The number of halogens is 1. The molecule has 2 aromatic carbocycles. The molecule has 33 heavy (non-hydrogen) atoms. The zero-order chi connectivity index (χ0) is 24.2. The van der Waals surface area contributed by atoms with Gasteiger partial charge >= 0.3 is 0 Å². The van der Waals surface area contributed by atoms with Crippen LogP contribution in [0.4, 0.5) is 5.69 Å². The molecule has 0 heterocycles. The van der Waals surface area contributed by atoms with Gasteiger partial charge in [0.15, 0.2) is 0 Å². The molecule has 1 atom stereocenters.